The molecule has 2 heterocycles. The van der Waals surface area contributed by atoms with E-state index in [-0.39, 0.29) is 23.5 Å². The molecule has 3 rings (SSSR count). The molecule has 0 amide bonds. The van der Waals surface area contributed by atoms with E-state index in [1.807, 2.05) is 16.8 Å². The van der Waals surface area contributed by atoms with Crippen molar-refractivity contribution in [3.05, 3.63) is 40.6 Å². The molecule has 6 nitrogen and oxygen atoms in total. The number of benzene rings is 1. The average molecular weight is 353 g/mol. The number of hydrogen-bond donors (Lipinski definition) is 1. The molecule has 122 valence electrons. The van der Waals surface area contributed by atoms with Gasteiger partial charge in [-0.1, -0.05) is 0 Å². The molecule has 1 aliphatic heterocycles. The lowest BCUT2D eigenvalue weighted by atomic mass is 10.1. The summed E-state index contributed by atoms with van der Waals surface area (Å²) in [7, 11) is -3.74. The van der Waals surface area contributed by atoms with Gasteiger partial charge in [-0.25, -0.2) is 13.2 Å². The van der Waals surface area contributed by atoms with Gasteiger partial charge in [0.15, 0.2) is 0 Å². The molecule has 1 fully saturated rings. The number of morpholine rings is 1. The first-order valence-electron chi connectivity index (χ1n) is 6.97. The van der Waals surface area contributed by atoms with Gasteiger partial charge in [0.1, 0.15) is 0 Å². The second-order valence-electron chi connectivity index (χ2n) is 5.08. The molecule has 0 atom stereocenters. The van der Waals surface area contributed by atoms with Gasteiger partial charge in [0, 0.05) is 13.1 Å². The van der Waals surface area contributed by atoms with Crippen molar-refractivity contribution in [3.8, 4) is 11.1 Å². The Morgan fingerprint density at radius 2 is 1.91 bits per heavy atom. The lowest BCUT2D eigenvalue weighted by Crippen LogP contribution is -2.40. The summed E-state index contributed by atoms with van der Waals surface area (Å²) in [6, 6.07) is 6.06. The number of ether oxygens (including phenoxy) is 1. The quantitative estimate of drug-likeness (QED) is 0.910. The Morgan fingerprint density at radius 3 is 2.52 bits per heavy atom. The highest BCUT2D eigenvalue weighted by Crippen LogP contribution is 2.28. The second-order valence-corrected chi connectivity index (χ2v) is 7.80. The number of nitrogens with zero attached hydrogens (tertiary/aromatic N) is 1. The van der Waals surface area contributed by atoms with E-state index < -0.39 is 16.0 Å². The van der Waals surface area contributed by atoms with Gasteiger partial charge in [-0.15, -0.1) is 0 Å². The van der Waals surface area contributed by atoms with Crippen LogP contribution in [0.1, 0.15) is 10.4 Å². The second kappa shape index (κ2) is 6.40. The minimum absolute atomic E-state index is 0.000463. The molecule has 0 spiro atoms. The molecular weight excluding hydrogens is 338 g/mol. The maximum Gasteiger partial charge on any atom is 0.335 e. The van der Waals surface area contributed by atoms with Gasteiger partial charge in [-0.05, 0) is 46.2 Å². The zero-order valence-corrected chi connectivity index (χ0v) is 13.8. The molecule has 0 saturated carbocycles. The van der Waals surface area contributed by atoms with Crippen molar-refractivity contribution in [2.45, 2.75) is 4.90 Å². The topological polar surface area (TPSA) is 83.9 Å². The Morgan fingerprint density at radius 1 is 1.17 bits per heavy atom. The van der Waals surface area contributed by atoms with E-state index >= 15 is 0 Å². The van der Waals surface area contributed by atoms with Crippen molar-refractivity contribution in [2.75, 3.05) is 26.3 Å². The molecule has 0 bridgehead atoms. The lowest BCUT2D eigenvalue weighted by molar-refractivity contribution is 0.0696. The van der Waals surface area contributed by atoms with E-state index in [4.69, 9.17) is 4.74 Å². The Labute approximate surface area is 138 Å². The van der Waals surface area contributed by atoms with E-state index in [1.54, 1.807) is 0 Å². The number of sulfonamides is 1. The number of rotatable bonds is 4. The predicted molar refractivity (Wildman–Crippen MR) is 86.3 cm³/mol. The van der Waals surface area contributed by atoms with Crippen LogP contribution < -0.4 is 0 Å². The third-order valence-electron chi connectivity index (χ3n) is 3.62. The van der Waals surface area contributed by atoms with E-state index in [0.29, 0.717) is 18.8 Å². The molecule has 0 aliphatic carbocycles. The fourth-order valence-electron chi connectivity index (χ4n) is 2.40. The van der Waals surface area contributed by atoms with E-state index in [1.165, 1.54) is 33.8 Å². The van der Waals surface area contributed by atoms with Gasteiger partial charge >= 0.3 is 5.97 Å². The molecule has 1 saturated heterocycles. The molecule has 8 heteroatoms. The Balaban J connectivity index is 2.09. The minimum Gasteiger partial charge on any atom is -0.478 e. The third-order valence-corrected chi connectivity index (χ3v) is 6.18. The number of thiophene rings is 1. The normalized spacial score (nSPS) is 16.3. The molecule has 23 heavy (non-hydrogen) atoms. The van der Waals surface area contributed by atoms with E-state index in [9.17, 15) is 18.3 Å². The molecule has 0 unspecified atom stereocenters. The van der Waals surface area contributed by atoms with Crippen LogP contribution in [0.4, 0.5) is 0 Å². The SMILES string of the molecule is O=C(O)c1cc(-c2ccsc2)cc(S(=O)(=O)N2CCOCC2)c1. The van der Waals surface area contributed by atoms with Crippen LogP contribution in [0.2, 0.25) is 0 Å². The van der Waals surface area contributed by atoms with Crippen molar-refractivity contribution < 1.29 is 23.1 Å². The first kappa shape index (κ1) is 16.1. The lowest BCUT2D eigenvalue weighted by Gasteiger charge is -2.26. The highest BCUT2D eigenvalue weighted by atomic mass is 32.2. The number of carboxylic acid groups (broad SMARTS) is 1. The van der Waals surface area contributed by atoms with Crippen LogP contribution in [0, 0.1) is 0 Å². The summed E-state index contributed by atoms with van der Waals surface area (Å²) in [5.74, 6) is -1.15. The minimum atomic E-state index is -3.74. The van der Waals surface area contributed by atoms with Crippen LogP contribution in [0.5, 0.6) is 0 Å². The zero-order valence-electron chi connectivity index (χ0n) is 12.1. The first-order valence-corrected chi connectivity index (χ1v) is 9.35. The summed E-state index contributed by atoms with van der Waals surface area (Å²) in [5, 5.41) is 13.0. The van der Waals surface area contributed by atoms with E-state index in [2.05, 4.69) is 0 Å². The molecule has 1 aromatic heterocycles. The average Bonchev–Trinajstić information content (AvgIpc) is 3.09. The monoisotopic (exact) mass is 353 g/mol. The maximum atomic E-state index is 12.8. The Bertz CT molecular complexity index is 808. The summed E-state index contributed by atoms with van der Waals surface area (Å²) in [5.41, 5.74) is 1.34. The zero-order chi connectivity index (χ0) is 16.4. The van der Waals surface area contributed by atoms with Gasteiger partial charge in [-0.2, -0.15) is 15.6 Å². The van der Waals surface area contributed by atoms with Gasteiger partial charge < -0.3 is 9.84 Å². The highest BCUT2D eigenvalue weighted by Gasteiger charge is 2.27. The van der Waals surface area contributed by atoms with Crippen molar-refractivity contribution >= 4 is 27.3 Å². The van der Waals surface area contributed by atoms with Crippen LogP contribution in [0.25, 0.3) is 11.1 Å². The molecular formula is C15H15NO5S2. The van der Waals surface area contributed by atoms with Crippen LogP contribution in [0.3, 0.4) is 0 Å². The predicted octanol–water partition coefficient (Wildman–Crippen LogP) is 2.13. The van der Waals surface area contributed by atoms with Gasteiger partial charge in [0.25, 0.3) is 0 Å². The van der Waals surface area contributed by atoms with Gasteiger partial charge in [0.2, 0.25) is 10.0 Å². The van der Waals surface area contributed by atoms with Crippen LogP contribution >= 0.6 is 11.3 Å². The standard InChI is InChI=1S/C15H15NO5S2/c17-15(18)13-7-12(11-1-6-22-10-11)8-14(9-13)23(19,20)16-2-4-21-5-3-16/h1,6-10H,2-5H2,(H,17,18). The van der Waals surface area contributed by atoms with Crippen LogP contribution in [0.15, 0.2) is 39.9 Å². The fraction of sp³-hybridized carbons (Fsp3) is 0.267. The number of aromatic carboxylic acids is 1. The van der Waals surface area contributed by atoms with Crippen molar-refractivity contribution in [3.63, 3.8) is 0 Å². The summed E-state index contributed by atoms with van der Waals surface area (Å²) >= 11 is 1.47. The van der Waals surface area contributed by atoms with Crippen molar-refractivity contribution in [2.24, 2.45) is 0 Å². The van der Waals surface area contributed by atoms with E-state index in [0.717, 1.165) is 5.56 Å². The smallest absolute Gasteiger partial charge is 0.335 e. The summed E-state index contributed by atoms with van der Waals surface area (Å²) < 4.78 is 32.0. The number of carboxylic acids is 1. The molecule has 0 radical (unpaired) electrons. The van der Waals surface area contributed by atoms with Crippen molar-refractivity contribution in [1.29, 1.82) is 0 Å². The molecule has 1 aromatic carbocycles. The number of hydrogen-bond acceptors (Lipinski definition) is 5. The molecule has 2 aromatic rings. The summed E-state index contributed by atoms with van der Waals surface area (Å²) in [6.45, 7) is 1.23. The first-order chi connectivity index (χ1) is 11.0. The number of carbonyl (C=O) groups is 1. The van der Waals surface area contributed by atoms with Crippen molar-refractivity contribution in [1.82, 2.24) is 4.31 Å². The highest BCUT2D eigenvalue weighted by molar-refractivity contribution is 7.89. The Kier molecular flexibility index (Phi) is 4.49. The van der Waals surface area contributed by atoms with Gasteiger partial charge in [0.05, 0.1) is 23.7 Å². The Hall–Kier alpha value is -1.74. The van der Waals surface area contributed by atoms with Crippen LogP contribution in [-0.4, -0.2) is 50.1 Å². The molecule has 1 aliphatic rings. The maximum absolute atomic E-state index is 12.8. The van der Waals surface area contributed by atoms with Crippen LogP contribution in [-0.2, 0) is 14.8 Å². The third kappa shape index (κ3) is 3.30. The summed E-state index contributed by atoms with van der Waals surface area (Å²) in [6.07, 6.45) is 0. The fourth-order valence-corrected chi connectivity index (χ4v) is 4.55. The largest absolute Gasteiger partial charge is 0.478 e. The molecule has 1 N–H and O–H groups in total. The summed E-state index contributed by atoms with van der Waals surface area (Å²) in [4.78, 5) is 11.4. The van der Waals surface area contributed by atoms with Gasteiger partial charge in [-0.3, -0.25) is 0 Å².